The first-order valence-electron chi connectivity index (χ1n) is 7.20. The Morgan fingerprint density at radius 1 is 0.958 bits per heavy atom. The van der Waals surface area contributed by atoms with Crippen LogP contribution >= 0.6 is 0 Å². The summed E-state index contributed by atoms with van der Waals surface area (Å²) in [6, 6.07) is 0. The van der Waals surface area contributed by atoms with Crippen LogP contribution in [-0.2, 0) is 14.4 Å². The number of rotatable bonds is 9. The largest absolute Gasteiger partial charge is 0.481 e. The van der Waals surface area contributed by atoms with Gasteiger partial charge in [-0.15, -0.1) is 19.7 Å². The second-order valence-electron chi connectivity index (χ2n) is 5.50. The lowest BCUT2D eigenvalue weighted by Crippen LogP contribution is -2.55. The Morgan fingerprint density at radius 2 is 1.54 bits per heavy atom. The summed E-state index contributed by atoms with van der Waals surface area (Å²) in [7, 11) is 0. The van der Waals surface area contributed by atoms with Crippen LogP contribution in [0.2, 0.25) is 0 Å². The van der Waals surface area contributed by atoms with E-state index in [0.29, 0.717) is 0 Å². The van der Waals surface area contributed by atoms with Crippen LogP contribution in [0, 0.1) is 10.8 Å². The van der Waals surface area contributed by atoms with Gasteiger partial charge in [0.1, 0.15) is 10.8 Å². The molecule has 0 bridgehead atoms. The van der Waals surface area contributed by atoms with E-state index >= 15 is 0 Å². The Bertz CT molecular complexity index is 669. The van der Waals surface area contributed by atoms with Crippen molar-refractivity contribution < 1.29 is 29.7 Å². The third-order valence-electron chi connectivity index (χ3n) is 4.32. The maximum absolute atomic E-state index is 12.2. The second kappa shape index (κ2) is 7.12. The summed E-state index contributed by atoms with van der Waals surface area (Å²) in [5.74, 6) is -4.44. The van der Waals surface area contributed by atoms with Crippen LogP contribution in [0.15, 0.2) is 61.3 Å². The molecule has 2 atom stereocenters. The lowest BCUT2D eigenvalue weighted by atomic mass is 9.53. The van der Waals surface area contributed by atoms with E-state index in [-0.39, 0.29) is 24.8 Å². The summed E-state index contributed by atoms with van der Waals surface area (Å²) in [6.07, 6.45) is 6.05. The molecule has 6 nitrogen and oxygen atoms in total. The van der Waals surface area contributed by atoms with Gasteiger partial charge < -0.3 is 15.3 Å². The Hall–Kier alpha value is -2.89. The molecule has 2 unspecified atom stereocenters. The van der Waals surface area contributed by atoms with Gasteiger partial charge in [-0.3, -0.25) is 9.59 Å². The molecule has 0 saturated carbocycles. The van der Waals surface area contributed by atoms with Gasteiger partial charge in [-0.05, 0) is 24.8 Å². The predicted molar refractivity (Wildman–Crippen MR) is 88.4 cm³/mol. The van der Waals surface area contributed by atoms with Crippen molar-refractivity contribution >= 4 is 17.9 Å². The van der Waals surface area contributed by atoms with Crippen LogP contribution in [-0.4, -0.2) is 33.2 Å². The van der Waals surface area contributed by atoms with Gasteiger partial charge in [0.05, 0.1) is 5.57 Å². The first-order valence-corrected chi connectivity index (χ1v) is 7.20. The molecule has 1 aliphatic rings. The lowest BCUT2D eigenvalue weighted by Gasteiger charge is -2.45. The molecule has 0 aromatic heterocycles. The minimum absolute atomic E-state index is 0.105. The van der Waals surface area contributed by atoms with Gasteiger partial charge in [0.2, 0.25) is 0 Å². The standard InChI is InChI=1S/C18H20O6/c1-4-7-12-8-11-17(9-5-2,15(21)22)18(10-6-3,16(23)24)13(12)14(19)20/h4-6,8,11H,1-3,7,9-10H2,(H,19,20)(H,21,22)(H,23,24). The third kappa shape index (κ3) is 2.60. The summed E-state index contributed by atoms with van der Waals surface area (Å²) < 4.78 is 0. The van der Waals surface area contributed by atoms with Crippen LogP contribution in [0.3, 0.4) is 0 Å². The highest BCUT2D eigenvalue weighted by Gasteiger charge is 2.64. The molecule has 0 aliphatic heterocycles. The highest BCUT2D eigenvalue weighted by molar-refractivity contribution is 6.03. The van der Waals surface area contributed by atoms with Crippen molar-refractivity contribution in [2.24, 2.45) is 10.8 Å². The van der Waals surface area contributed by atoms with E-state index in [9.17, 15) is 29.7 Å². The number of hydrogen-bond donors (Lipinski definition) is 3. The van der Waals surface area contributed by atoms with E-state index in [2.05, 4.69) is 19.7 Å². The van der Waals surface area contributed by atoms with Crippen LogP contribution in [0.4, 0.5) is 0 Å². The Morgan fingerprint density at radius 3 is 1.92 bits per heavy atom. The first kappa shape index (κ1) is 19.2. The number of carbonyl (C=O) groups is 3. The van der Waals surface area contributed by atoms with E-state index < -0.39 is 34.3 Å². The zero-order valence-corrected chi connectivity index (χ0v) is 13.2. The van der Waals surface area contributed by atoms with Gasteiger partial charge >= 0.3 is 17.9 Å². The molecule has 24 heavy (non-hydrogen) atoms. The summed E-state index contributed by atoms with van der Waals surface area (Å²) >= 11 is 0. The maximum Gasteiger partial charge on any atom is 0.333 e. The van der Waals surface area contributed by atoms with Gasteiger partial charge in [0, 0.05) is 0 Å². The normalized spacial score (nSPS) is 25.8. The van der Waals surface area contributed by atoms with Crippen LogP contribution in [0.5, 0.6) is 0 Å². The van der Waals surface area contributed by atoms with Crippen LogP contribution < -0.4 is 0 Å². The molecule has 0 heterocycles. The fraction of sp³-hybridized carbons (Fsp3) is 0.278. The molecule has 128 valence electrons. The highest BCUT2D eigenvalue weighted by Crippen LogP contribution is 2.56. The molecule has 0 fully saturated rings. The maximum atomic E-state index is 12.2. The minimum atomic E-state index is -2.20. The quantitative estimate of drug-likeness (QED) is 0.560. The molecule has 6 heteroatoms. The fourth-order valence-electron chi connectivity index (χ4n) is 3.31. The molecule has 0 spiro atoms. The molecule has 1 rings (SSSR count). The Kier molecular flexibility index (Phi) is 5.69. The molecular formula is C18H20O6. The van der Waals surface area contributed by atoms with E-state index in [1.165, 1.54) is 30.4 Å². The SMILES string of the molecule is C=CCC1=C(C(=O)O)C(CC=C)(C(=O)O)C(CC=C)(C(=O)O)C=C1. The molecule has 1 aliphatic carbocycles. The lowest BCUT2D eigenvalue weighted by molar-refractivity contribution is -0.168. The molecule has 0 aromatic carbocycles. The van der Waals surface area contributed by atoms with Gasteiger partial charge in [-0.1, -0.05) is 30.4 Å². The third-order valence-corrected chi connectivity index (χ3v) is 4.32. The summed E-state index contributed by atoms with van der Waals surface area (Å²) in [4.78, 5) is 36.2. The zero-order valence-electron chi connectivity index (χ0n) is 13.2. The fourth-order valence-corrected chi connectivity index (χ4v) is 3.31. The molecule has 0 saturated heterocycles. The number of carboxylic acid groups (broad SMARTS) is 3. The van der Waals surface area contributed by atoms with Gasteiger partial charge in [-0.25, -0.2) is 4.79 Å². The van der Waals surface area contributed by atoms with Crippen LogP contribution in [0.25, 0.3) is 0 Å². The van der Waals surface area contributed by atoms with Crippen molar-refractivity contribution in [3.63, 3.8) is 0 Å². The molecular weight excluding hydrogens is 312 g/mol. The average Bonchev–Trinajstić information content (AvgIpc) is 2.49. The second-order valence-corrected chi connectivity index (χ2v) is 5.50. The van der Waals surface area contributed by atoms with Crippen molar-refractivity contribution in [3.05, 3.63) is 61.3 Å². The Balaban J connectivity index is 4.00. The number of aliphatic carboxylic acids is 3. The minimum Gasteiger partial charge on any atom is -0.481 e. The van der Waals surface area contributed by atoms with Crippen molar-refractivity contribution in [1.29, 1.82) is 0 Å². The Labute approximate surface area is 139 Å². The van der Waals surface area contributed by atoms with Crippen molar-refractivity contribution in [2.45, 2.75) is 19.3 Å². The molecule has 0 radical (unpaired) electrons. The van der Waals surface area contributed by atoms with Gasteiger partial charge in [0.25, 0.3) is 0 Å². The van der Waals surface area contributed by atoms with E-state index in [1.807, 2.05) is 0 Å². The van der Waals surface area contributed by atoms with Gasteiger partial charge in [0.15, 0.2) is 0 Å². The average molecular weight is 332 g/mol. The van der Waals surface area contributed by atoms with Crippen molar-refractivity contribution in [2.75, 3.05) is 0 Å². The predicted octanol–water partition coefficient (Wildman–Crippen LogP) is 2.81. The summed E-state index contributed by atoms with van der Waals surface area (Å²) in [6.45, 7) is 10.5. The monoisotopic (exact) mass is 332 g/mol. The van der Waals surface area contributed by atoms with Crippen molar-refractivity contribution in [1.82, 2.24) is 0 Å². The first-order chi connectivity index (χ1) is 11.2. The highest BCUT2D eigenvalue weighted by atomic mass is 16.4. The smallest absolute Gasteiger partial charge is 0.333 e. The number of allylic oxidation sites excluding steroid dienone is 5. The van der Waals surface area contributed by atoms with Gasteiger partial charge in [-0.2, -0.15) is 0 Å². The topological polar surface area (TPSA) is 112 Å². The van der Waals surface area contributed by atoms with E-state index in [4.69, 9.17) is 0 Å². The molecule has 0 aromatic rings. The number of hydrogen-bond acceptors (Lipinski definition) is 3. The number of carboxylic acids is 3. The van der Waals surface area contributed by atoms with Crippen LogP contribution in [0.1, 0.15) is 19.3 Å². The van der Waals surface area contributed by atoms with Crippen molar-refractivity contribution in [3.8, 4) is 0 Å². The van der Waals surface area contributed by atoms with E-state index in [1.54, 1.807) is 0 Å². The summed E-state index contributed by atoms with van der Waals surface area (Å²) in [5, 5.41) is 29.4. The molecule has 3 N–H and O–H groups in total. The zero-order chi connectivity index (χ0) is 18.5. The van der Waals surface area contributed by atoms with E-state index in [0.717, 1.165) is 0 Å². The summed E-state index contributed by atoms with van der Waals surface area (Å²) in [5.41, 5.74) is -4.43. The molecule has 0 amide bonds.